The van der Waals surface area contributed by atoms with Gasteiger partial charge >= 0.3 is 5.97 Å². The standard InChI is InChI=1S/C10H20O2S2/c1-2-3-4-5-6-8-13-14-9-7-10(11)12/h2-9H2,1H3,(H,11,12). The smallest absolute Gasteiger partial charge is 0.304 e. The van der Waals surface area contributed by atoms with Crippen LogP contribution < -0.4 is 0 Å². The Morgan fingerprint density at radius 1 is 1.07 bits per heavy atom. The van der Waals surface area contributed by atoms with Gasteiger partial charge in [0, 0.05) is 11.5 Å². The van der Waals surface area contributed by atoms with E-state index in [0.29, 0.717) is 0 Å². The first kappa shape index (κ1) is 14.2. The summed E-state index contributed by atoms with van der Waals surface area (Å²) < 4.78 is 0. The van der Waals surface area contributed by atoms with E-state index in [1.54, 1.807) is 21.6 Å². The summed E-state index contributed by atoms with van der Waals surface area (Å²) >= 11 is 0. The summed E-state index contributed by atoms with van der Waals surface area (Å²) in [6.45, 7) is 2.22. The van der Waals surface area contributed by atoms with Gasteiger partial charge < -0.3 is 5.11 Å². The molecule has 0 aromatic carbocycles. The number of unbranched alkanes of at least 4 members (excludes halogenated alkanes) is 4. The van der Waals surface area contributed by atoms with Gasteiger partial charge in [0.15, 0.2) is 0 Å². The van der Waals surface area contributed by atoms with Gasteiger partial charge in [0.1, 0.15) is 0 Å². The van der Waals surface area contributed by atoms with Crippen LogP contribution in [0.25, 0.3) is 0 Å². The first-order valence-corrected chi connectivity index (χ1v) is 7.72. The van der Waals surface area contributed by atoms with Crippen LogP contribution in [0.15, 0.2) is 0 Å². The van der Waals surface area contributed by atoms with Crippen LogP contribution in [0.5, 0.6) is 0 Å². The third-order valence-corrected chi connectivity index (χ3v) is 4.31. The zero-order valence-corrected chi connectivity index (χ0v) is 10.5. The van der Waals surface area contributed by atoms with Crippen molar-refractivity contribution in [1.29, 1.82) is 0 Å². The molecule has 0 saturated carbocycles. The maximum Gasteiger partial charge on any atom is 0.304 e. The molecule has 1 N–H and O–H groups in total. The van der Waals surface area contributed by atoms with Crippen molar-refractivity contribution in [2.45, 2.75) is 45.4 Å². The topological polar surface area (TPSA) is 37.3 Å². The van der Waals surface area contributed by atoms with Gasteiger partial charge in [-0.2, -0.15) is 0 Å². The van der Waals surface area contributed by atoms with Gasteiger partial charge in [-0.1, -0.05) is 54.2 Å². The molecule has 0 spiro atoms. The summed E-state index contributed by atoms with van der Waals surface area (Å²) in [6, 6.07) is 0. The fourth-order valence-electron chi connectivity index (χ4n) is 1.01. The molecule has 0 bridgehead atoms. The highest BCUT2D eigenvalue weighted by Crippen LogP contribution is 2.23. The number of carboxylic acids is 1. The van der Waals surface area contributed by atoms with Crippen LogP contribution >= 0.6 is 21.6 Å². The molecule has 84 valence electrons. The summed E-state index contributed by atoms with van der Waals surface area (Å²) in [6.07, 6.45) is 6.85. The Labute approximate surface area is 94.6 Å². The molecule has 0 amide bonds. The Bertz CT molecular complexity index is 140. The van der Waals surface area contributed by atoms with E-state index in [9.17, 15) is 4.79 Å². The van der Waals surface area contributed by atoms with E-state index in [1.807, 2.05) is 0 Å². The van der Waals surface area contributed by atoms with Gasteiger partial charge in [-0.15, -0.1) is 0 Å². The van der Waals surface area contributed by atoms with Crippen molar-refractivity contribution in [3.05, 3.63) is 0 Å². The molecule has 0 aliphatic rings. The van der Waals surface area contributed by atoms with Crippen molar-refractivity contribution < 1.29 is 9.90 Å². The highest BCUT2D eigenvalue weighted by Gasteiger charge is 1.96. The van der Waals surface area contributed by atoms with Gasteiger partial charge in [0.2, 0.25) is 0 Å². The Morgan fingerprint density at radius 3 is 2.36 bits per heavy atom. The number of aliphatic carboxylic acids is 1. The maximum atomic E-state index is 10.2. The van der Waals surface area contributed by atoms with E-state index in [4.69, 9.17) is 5.11 Å². The molecule has 0 saturated heterocycles. The van der Waals surface area contributed by atoms with Crippen LogP contribution in [-0.4, -0.2) is 22.6 Å². The van der Waals surface area contributed by atoms with Gasteiger partial charge in [-0.25, -0.2) is 0 Å². The van der Waals surface area contributed by atoms with Crippen LogP contribution in [-0.2, 0) is 4.79 Å². The second kappa shape index (κ2) is 11.2. The van der Waals surface area contributed by atoms with Crippen LogP contribution in [0.3, 0.4) is 0 Å². The van der Waals surface area contributed by atoms with Crippen molar-refractivity contribution in [2.75, 3.05) is 11.5 Å². The fourth-order valence-corrected chi connectivity index (χ4v) is 3.14. The lowest BCUT2D eigenvalue weighted by molar-refractivity contribution is -0.136. The summed E-state index contributed by atoms with van der Waals surface area (Å²) in [5.74, 6) is 1.20. The second-order valence-electron chi connectivity index (χ2n) is 3.20. The highest BCUT2D eigenvalue weighted by molar-refractivity contribution is 8.76. The van der Waals surface area contributed by atoms with E-state index in [-0.39, 0.29) is 6.42 Å². The first-order valence-electron chi connectivity index (χ1n) is 5.23. The number of hydrogen-bond acceptors (Lipinski definition) is 3. The van der Waals surface area contributed by atoms with E-state index >= 15 is 0 Å². The van der Waals surface area contributed by atoms with Crippen molar-refractivity contribution in [3.63, 3.8) is 0 Å². The van der Waals surface area contributed by atoms with Gasteiger partial charge in [-0.05, 0) is 6.42 Å². The zero-order chi connectivity index (χ0) is 10.6. The summed E-state index contributed by atoms with van der Waals surface area (Å²) in [5, 5.41) is 8.39. The molecular weight excluding hydrogens is 216 g/mol. The number of rotatable bonds is 10. The Morgan fingerprint density at radius 2 is 1.71 bits per heavy atom. The molecule has 0 rings (SSSR count). The summed E-state index contributed by atoms with van der Waals surface area (Å²) in [4.78, 5) is 10.2. The second-order valence-corrected chi connectivity index (χ2v) is 5.90. The lowest BCUT2D eigenvalue weighted by atomic mass is 10.2. The summed E-state index contributed by atoms with van der Waals surface area (Å²) in [5.41, 5.74) is 0. The van der Waals surface area contributed by atoms with Crippen LogP contribution in [0.1, 0.15) is 45.4 Å². The number of hydrogen-bond donors (Lipinski definition) is 1. The molecule has 0 aromatic heterocycles. The average Bonchev–Trinajstić information content (AvgIpc) is 2.15. The third kappa shape index (κ3) is 12.2. The molecule has 14 heavy (non-hydrogen) atoms. The van der Waals surface area contributed by atoms with Gasteiger partial charge in [0.05, 0.1) is 6.42 Å². The lowest BCUT2D eigenvalue weighted by Crippen LogP contribution is -1.94. The van der Waals surface area contributed by atoms with E-state index in [2.05, 4.69) is 6.92 Å². The monoisotopic (exact) mass is 236 g/mol. The average molecular weight is 236 g/mol. The van der Waals surface area contributed by atoms with E-state index in [0.717, 1.165) is 11.5 Å². The number of carboxylic acid groups (broad SMARTS) is 1. The predicted octanol–water partition coefficient (Wildman–Crippen LogP) is 3.81. The predicted molar refractivity (Wildman–Crippen MR) is 65.9 cm³/mol. The molecule has 0 aliphatic heterocycles. The molecule has 0 aromatic rings. The summed E-state index contributed by atoms with van der Waals surface area (Å²) in [7, 11) is 3.49. The highest BCUT2D eigenvalue weighted by atomic mass is 33.1. The maximum absolute atomic E-state index is 10.2. The first-order chi connectivity index (χ1) is 6.77. The van der Waals surface area contributed by atoms with Crippen molar-refractivity contribution in [2.24, 2.45) is 0 Å². The zero-order valence-electron chi connectivity index (χ0n) is 8.83. The van der Waals surface area contributed by atoms with Crippen molar-refractivity contribution >= 4 is 27.6 Å². The van der Waals surface area contributed by atoms with Gasteiger partial charge in [-0.3, -0.25) is 4.79 Å². The normalized spacial score (nSPS) is 10.4. The number of carbonyl (C=O) groups is 1. The molecule has 0 heterocycles. The molecule has 0 radical (unpaired) electrons. The van der Waals surface area contributed by atoms with Crippen molar-refractivity contribution in [1.82, 2.24) is 0 Å². The van der Waals surface area contributed by atoms with Crippen LogP contribution in [0.4, 0.5) is 0 Å². The molecule has 0 fully saturated rings. The van der Waals surface area contributed by atoms with E-state index in [1.165, 1.54) is 32.1 Å². The molecular formula is C10H20O2S2. The molecule has 0 unspecified atom stereocenters. The largest absolute Gasteiger partial charge is 0.481 e. The molecule has 2 nitrogen and oxygen atoms in total. The molecule has 0 aliphatic carbocycles. The van der Waals surface area contributed by atoms with Crippen LogP contribution in [0, 0.1) is 0 Å². The minimum atomic E-state index is -0.693. The Balaban J connectivity index is 2.88. The van der Waals surface area contributed by atoms with Crippen molar-refractivity contribution in [3.8, 4) is 0 Å². The minimum absolute atomic E-state index is 0.285. The fraction of sp³-hybridized carbons (Fsp3) is 0.900. The minimum Gasteiger partial charge on any atom is -0.481 e. The van der Waals surface area contributed by atoms with Crippen LogP contribution in [0.2, 0.25) is 0 Å². The molecule has 4 heteroatoms. The quantitative estimate of drug-likeness (QED) is 0.462. The van der Waals surface area contributed by atoms with E-state index < -0.39 is 5.97 Å². The SMILES string of the molecule is CCCCCCCSSCCC(=O)O. The third-order valence-electron chi connectivity index (χ3n) is 1.81. The molecule has 0 atom stereocenters. The Kier molecular flexibility index (Phi) is 11.4. The lowest BCUT2D eigenvalue weighted by Gasteiger charge is -1.99. The Hall–Kier alpha value is 0.170. The van der Waals surface area contributed by atoms with Gasteiger partial charge in [0.25, 0.3) is 0 Å².